The van der Waals surface area contributed by atoms with E-state index in [-0.39, 0.29) is 38.8 Å². The van der Waals surface area contributed by atoms with Gasteiger partial charge in [0.1, 0.15) is 0 Å². The SMILES string of the molecule is O=C(CCCCO)N(CCO)CCO. The molecule has 5 heteroatoms. The first kappa shape index (κ1) is 13.4. The van der Waals surface area contributed by atoms with Crippen LogP contribution < -0.4 is 0 Å². The van der Waals surface area contributed by atoms with Crippen LogP contribution in [0.25, 0.3) is 0 Å². The molecule has 0 aromatic heterocycles. The molecule has 0 radical (unpaired) electrons. The molecule has 84 valence electrons. The lowest BCUT2D eigenvalue weighted by Gasteiger charge is -2.20. The van der Waals surface area contributed by atoms with Gasteiger partial charge in [-0.3, -0.25) is 4.79 Å². The highest BCUT2D eigenvalue weighted by molar-refractivity contribution is 5.76. The fraction of sp³-hybridized carbons (Fsp3) is 0.889. The highest BCUT2D eigenvalue weighted by atomic mass is 16.3. The Morgan fingerprint density at radius 1 is 0.929 bits per heavy atom. The number of carbonyl (C=O) groups is 1. The summed E-state index contributed by atoms with van der Waals surface area (Å²) in [4.78, 5) is 12.8. The van der Waals surface area contributed by atoms with Crippen molar-refractivity contribution in [2.45, 2.75) is 19.3 Å². The van der Waals surface area contributed by atoms with Crippen molar-refractivity contribution in [2.75, 3.05) is 32.9 Å². The highest BCUT2D eigenvalue weighted by Gasteiger charge is 2.11. The summed E-state index contributed by atoms with van der Waals surface area (Å²) in [6, 6.07) is 0. The zero-order valence-corrected chi connectivity index (χ0v) is 8.35. The number of amides is 1. The summed E-state index contributed by atoms with van der Waals surface area (Å²) < 4.78 is 0. The van der Waals surface area contributed by atoms with Gasteiger partial charge in [-0.15, -0.1) is 0 Å². The van der Waals surface area contributed by atoms with Crippen LogP contribution in [0.2, 0.25) is 0 Å². The molecule has 0 rings (SSSR count). The summed E-state index contributed by atoms with van der Waals surface area (Å²) in [6.07, 6.45) is 1.61. The van der Waals surface area contributed by atoms with Gasteiger partial charge in [-0.1, -0.05) is 0 Å². The number of rotatable bonds is 8. The Morgan fingerprint density at radius 2 is 1.50 bits per heavy atom. The fourth-order valence-corrected chi connectivity index (χ4v) is 1.15. The van der Waals surface area contributed by atoms with Crippen LogP contribution >= 0.6 is 0 Å². The van der Waals surface area contributed by atoms with E-state index in [0.717, 1.165) is 0 Å². The van der Waals surface area contributed by atoms with Crippen molar-refractivity contribution in [1.82, 2.24) is 4.90 Å². The lowest BCUT2D eigenvalue weighted by molar-refractivity contribution is -0.132. The number of nitrogens with zero attached hydrogens (tertiary/aromatic N) is 1. The number of unbranched alkanes of at least 4 members (excludes halogenated alkanes) is 1. The van der Waals surface area contributed by atoms with E-state index >= 15 is 0 Å². The molecule has 0 heterocycles. The molecule has 1 amide bonds. The smallest absolute Gasteiger partial charge is 0.222 e. The van der Waals surface area contributed by atoms with E-state index in [0.29, 0.717) is 19.3 Å². The number of hydrogen-bond acceptors (Lipinski definition) is 4. The topological polar surface area (TPSA) is 81.0 Å². The van der Waals surface area contributed by atoms with Gasteiger partial charge in [0.25, 0.3) is 0 Å². The van der Waals surface area contributed by atoms with Gasteiger partial charge < -0.3 is 20.2 Å². The van der Waals surface area contributed by atoms with Crippen LogP contribution in [0.15, 0.2) is 0 Å². The van der Waals surface area contributed by atoms with Crippen LogP contribution in [-0.2, 0) is 4.79 Å². The quantitative estimate of drug-likeness (QED) is 0.442. The van der Waals surface area contributed by atoms with Gasteiger partial charge >= 0.3 is 0 Å². The second kappa shape index (κ2) is 8.93. The summed E-state index contributed by atoms with van der Waals surface area (Å²) in [5, 5.41) is 25.9. The van der Waals surface area contributed by atoms with Crippen LogP contribution in [0.4, 0.5) is 0 Å². The van der Waals surface area contributed by atoms with Crippen molar-refractivity contribution in [3.05, 3.63) is 0 Å². The fourth-order valence-electron chi connectivity index (χ4n) is 1.15. The summed E-state index contributed by atoms with van der Waals surface area (Å²) >= 11 is 0. The minimum atomic E-state index is -0.0915. The number of carbonyl (C=O) groups excluding carboxylic acids is 1. The largest absolute Gasteiger partial charge is 0.396 e. The molecule has 0 aromatic rings. The van der Waals surface area contributed by atoms with Crippen molar-refractivity contribution in [3.8, 4) is 0 Å². The second-order valence-electron chi connectivity index (χ2n) is 3.01. The molecule has 0 aromatic carbocycles. The van der Waals surface area contributed by atoms with Crippen LogP contribution in [0, 0.1) is 0 Å². The van der Waals surface area contributed by atoms with Crippen LogP contribution in [0.5, 0.6) is 0 Å². The molecule has 0 unspecified atom stereocenters. The molecular formula is C9H19NO4. The summed E-state index contributed by atoms with van der Waals surface area (Å²) in [5.41, 5.74) is 0. The summed E-state index contributed by atoms with van der Waals surface area (Å²) in [5.74, 6) is -0.0819. The average molecular weight is 205 g/mol. The van der Waals surface area contributed by atoms with E-state index in [2.05, 4.69) is 0 Å². The van der Waals surface area contributed by atoms with Gasteiger partial charge in [-0.05, 0) is 12.8 Å². The van der Waals surface area contributed by atoms with Crippen LogP contribution in [0.3, 0.4) is 0 Å². The van der Waals surface area contributed by atoms with Gasteiger partial charge in [0.05, 0.1) is 13.2 Å². The predicted molar refractivity (Wildman–Crippen MR) is 51.7 cm³/mol. The molecule has 0 aliphatic heterocycles. The van der Waals surface area contributed by atoms with Crippen LogP contribution in [-0.4, -0.2) is 59.0 Å². The maximum Gasteiger partial charge on any atom is 0.222 e. The first-order chi connectivity index (χ1) is 6.76. The van der Waals surface area contributed by atoms with Crippen molar-refractivity contribution in [1.29, 1.82) is 0 Å². The van der Waals surface area contributed by atoms with E-state index < -0.39 is 0 Å². The second-order valence-corrected chi connectivity index (χ2v) is 3.01. The zero-order valence-electron chi connectivity index (χ0n) is 8.35. The van der Waals surface area contributed by atoms with Gasteiger partial charge in [-0.25, -0.2) is 0 Å². The molecule has 0 aliphatic carbocycles. The average Bonchev–Trinajstić information content (AvgIpc) is 2.18. The normalized spacial score (nSPS) is 10.2. The third-order valence-corrected chi connectivity index (χ3v) is 1.89. The van der Waals surface area contributed by atoms with Gasteiger partial charge in [0, 0.05) is 26.1 Å². The van der Waals surface area contributed by atoms with E-state index in [1.165, 1.54) is 4.90 Å². The minimum absolute atomic E-state index is 0.0819. The molecule has 0 atom stereocenters. The third kappa shape index (κ3) is 5.90. The summed E-state index contributed by atoms with van der Waals surface area (Å²) in [7, 11) is 0. The van der Waals surface area contributed by atoms with E-state index in [1.807, 2.05) is 0 Å². The van der Waals surface area contributed by atoms with E-state index in [4.69, 9.17) is 15.3 Å². The first-order valence-corrected chi connectivity index (χ1v) is 4.86. The first-order valence-electron chi connectivity index (χ1n) is 4.86. The Bertz CT molecular complexity index is 146. The molecule has 0 spiro atoms. The Balaban J connectivity index is 3.76. The van der Waals surface area contributed by atoms with Crippen molar-refractivity contribution in [3.63, 3.8) is 0 Å². The summed E-state index contributed by atoms with van der Waals surface area (Å²) in [6.45, 7) is 0.432. The molecular weight excluding hydrogens is 186 g/mol. The maximum absolute atomic E-state index is 11.4. The third-order valence-electron chi connectivity index (χ3n) is 1.89. The molecule has 0 saturated heterocycles. The zero-order chi connectivity index (χ0) is 10.8. The Hall–Kier alpha value is -0.650. The van der Waals surface area contributed by atoms with Crippen molar-refractivity contribution in [2.24, 2.45) is 0 Å². The Kier molecular flexibility index (Phi) is 8.51. The maximum atomic E-state index is 11.4. The minimum Gasteiger partial charge on any atom is -0.396 e. The molecule has 0 bridgehead atoms. The number of aliphatic hydroxyl groups excluding tert-OH is 3. The molecule has 5 nitrogen and oxygen atoms in total. The molecule has 0 aliphatic rings. The van der Waals surface area contributed by atoms with Gasteiger partial charge in [0.15, 0.2) is 0 Å². The lowest BCUT2D eigenvalue weighted by atomic mass is 10.2. The van der Waals surface area contributed by atoms with E-state index in [1.54, 1.807) is 0 Å². The Morgan fingerprint density at radius 3 is 1.93 bits per heavy atom. The standard InChI is InChI=1S/C9H19NO4/c11-6-2-1-3-9(14)10(4-7-12)5-8-13/h11-13H,1-8H2. The lowest BCUT2D eigenvalue weighted by Crippen LogP contribution is -2.35. The molecule has 0 fully saturated rings. The van der Waals surface area contributed by atoms with E-state index in [9.17, 15) is 4.79 Å². The van der Waals surface area contributed by atoms with Crippen molar-refractivity contribution < 1.29 is 20.1 Å². The predicted octanol–water partition coefficient (Wildman–Crippen LogP) is -1.04. The number of aliphatic hydroxyl groups is 3. The number of hydrogen-bond donors (Lipinski definition) is 3. The molecule has 14 heavy (non-hydrogen) atoms. The van der Waals surface area contributed by atoms with Gasteiger partial charge in [-0.2, -0.15) is 0 Å². The van der Waals surface area contributed by atoms with Gasteiger partial charge in [0.2, 0.25) is 5.91 Å². The molecule has 0 saturated carbocycles. The Labute approximate surface area is 84.0 Å². The monoisotopic (exact) mass is 205 g/mol. The highest BCUT2D eigenvalue weighted by Crippen LogP contribution is 2.00. The van der Waals surface area contributed by atoms with Crippen LogP contribution in [0.1, 0.15) is 19.3 Å². The molecule has 3 N–H and O–H groups in total. The van der Waals surface area contributed by atoms with Crippen molar-refractivity contribution >= 4 is 5.91 Å².